The number of hydrogen-bond donors (Lipinski definition) is 0. The average Bonchev–Trinajstić information content (AvgIpc) is 2.61. The predicted octanol–water partition coefficient (Wildman–Crippen LogP) is 4.02. The van der Waals surface area contributed by atoms with Gasteiger partial charge in [0.05, 0.1) is 13.2 Å². The number of rotatable bonds is 8. The summed E-state index contributed by atoms with van der Waals surface area (Å²) in [5, 5.41) is 0. The Morgan fingerprint density at radius 2 is 1.38 bits per heavy atom. The van der Waals surface area contributed by atoms with E-state index in [1.165, 1.54) is 0 Å². The molecule has 0 radical (unpaired) electrons. The number of nitrogens with zero attached hydrogens (tertiary/aromatic N) is 1. The average molecular weight is 355 g/mol. The Balaban J connectivity index is 1.96. The first kappa shape index (κ1) is 19.7. The zero-order valence-corrected chi connectivity index (χ0v) is 15.3. The van der Waals surface area contributed by atoms with Crippen molar-refractivity contribution in [2.75, 3.05) is 13.2 Å². The summed E-state index contributed by atoms with van der Waals surface area (Å²) in [5.41, 5.74) is 2.16. The summed E-state index contributed by atoms with van der Waals surface area (Å²) >= 11 is 0. The van der Waals surface area contributed by atoms with Gasteiger partial charge in [0, 0.05) is 13.1 Å². The minimum atomic E-state index is -0.942. The van der Waals surface area contributed by atoms with Crippen molar-refractivity contribution in [2.24, 2.45) is 5.92 Å². The minimum absolute atomic E-state index is 0.000563. The molecule has 2 rings (SSSR count). The number of benzene rings is 2. The van der Waals surface area contributed by atoms with Crippen molar-refractivity contribution in [1.29, 1.82) is 0 Å². The third-order valence-corrected chi connectivity index (χ3v) is 3.58. The van der Waals surface area contributed by atoms with Gasteiger partial charge in [-0.3, -0.25) is 9.69 Å². The molecular weight excluding hydrogens is 330 g/mol. The van der Waals surface area contributed by atoms with Crippen LogP contribution in [-0.2, 0) is 27.4 Å². The second-order valence-corrected chi connectivity index (χ2v) is 6.55. The van der Waals surface area contributed by atoms with E-state index in [9.17, 15) is 9.59 Å². The second kappa shape index (κ2) is 10.4. The van der Waals surface area contributed by atoms with E-state index in [0.29, 0.717) is 13.1 Å². The van der Waals surface area contributed by atoms with Gasteiger partial charge in [0.25, 0.3) is 0 Å². The summed E-state index contributed by atoms with van der Waals surface area (Å²) in [6, 6.07) is 19.7. The summed E-state index contributed by atoms with van der Waals surface area (Å²) in [7, 11) is 0. The highest BCUT2D eigenvalue weighted by Gasteiger charge is 2.17. The van der Waals surface area contributed by atoms with Gasteiger partial charge in [0.1, 0.15) is 0 Å². The quantitative estimate of drug-likeness (QED) is 0.529. The summed E-state index contributed by atoms with van der Waals surface area (Å²) in [6.07, 6.45) is -0.942. The Morgan fingerprint density at radius 1 is 0.885 bits per heavy atom. The van der Waals surface area contributed by atoms with Crippen LogP contribution in [0.15, 0.2) is 60.7 Å². The number of carbonyl (C=O) groups is 2. The lowest BCUT2D eigenvalue weighted by Crippen LogP contribution is -2.31. The molecule has 0 unspecified atom stereocenters. The van der Waals surface area contributed by atoms with Crippen molar-refractivity contribution < 1.29 is 19.1 Å². The molecule has 0 aliphatic rings. The summed E-state index contributed by atoms with van der Waals surface area (Å²) in [6.45, 7) is 5.20. The van der Waals surface area contributed by atoms with E-state index in [2.05, 4.69) is 0 Å². The van der Waals surface area contributed by atoms with Gasteiger partial charge >= 0.3 is 12.1 Å². The number of ether oxygens (including phenoxy) is 2. The first-order valence-corrected chi connectivity index (χ1v) is 8.70. The van der Waals surface area contributed by atoms with Crippen LogP contribution in [0.5, 0.6) is 0 Å². The van der Waals surface area contributed by atoms with Crippen molar-refractivity contribution in [3.63, 3.8) is 0 Å². The molecule has 2 aromatic rings. The topological polar surface area (TPSA) is 55.8 Å². The van der Waals surface area contributed by atoms with Gasteiger partial charge in [-0.15, -0.1) is 0 Å². The first-order valence-electron chi connectivity index (χ1n) is 8.70. The van der Waals surface area contributed by atoms with E-state index < -0.39 is 12.1 Å². The Bertz CT molecular complexity index is 644. The van der Waals surface area contributed by atoms with Crippen LogP contribution in [0.1, 0.15) is 25.0 Å². The Hall–Kier alpha value is -2.66. The van der Waals surface area contributed by atoms with Crippen molar-refractivity contribution in [1.82, 2.24) is 4.90 Å². The molecule has 26 heavy (non-hydrogen) atoms. The Kier molecular flexibility index (Phi) is 7.83. The SMILES string of the molecule is CC(C)COC(=O)OC(=O)CN(Cc1ccccc1)Cc1ccccc1. The van der Waals surface area contributed by atoms with Crippen molar-refractivity contribution in [3.05, 3.63) is 71.8 Å². The van der Waals surface area contributed by atoms with E-state index in [-0.39, 0.29) is 19.1 Å². The van der Waals surface area contributed by atoms with Crippen LogP contribution in [0.2, 0.25) is 0 Å². The van der Waals surface area contributed by atoms with Gasteiger partial charge in [-0.25, -0.2) is 4.79 Å². The highest BCUT2D eigenvalue weighted by molar-refractivity contribution is 5.83. The molecule has 0 aliphatic heterocycles. The molecule has 0 saturated carbocycles. The van der Waals surface area contributed by atoms with Gasteiger partial charge in [0.15, 0.2) is 0 Å². The van der Waals surface area contributed by atoms with Gasteiger partial charge in [0.2, 0.25) is 0 Å². The van der Waals surface area contributed by atoms with Crippen LogP contribution in [0.3, 0.4) is 0 Å². The number of carbonyl (C=O) groups excluding carboxylic acids is 2. The van der Waals surface area contributed by atoms with Crippen LogP contribution < -0.4 is 0 Å². The van der Waals surface area contributed by atoms with E-state index in [4.69, 9.17) is 9.47 Å². The molecule has 0 saturated heterocycles. The zero-order valence-electron chi connectivity index (χ0n) is 15.3. The van der Waals surface area contributed by atoms with Crippen molar-refractivity contribution in [2.45, 2.75) is 26.9 Å². The van der Waals surface area contributed by atoms with E-state index in [0.717, 1.165) is 11.1 Å². The maximum atomic E-state index is 12.1. The van der Waals surface area contributed by atoms with Crippen LogP contribution >= 0.6 is 0 Å². The molecule has 0 heterocycles. The lowest BCUT2D eigenvalue weighted by molar-refractivity contribution is -0.141. The molecule has 5 heteroatoms. The lowest BCUT2D eigenvalue weighted by atomic mass is 10.1. The fourth-order valence-electron chi connectivity index (χ4n) is 2.42. The monoisotopic (exact) mass is 355 g/mol. The summed E-state index contributed by atoms with van der Waals surface area (Å²) < 4.78 is 9.66. The highest BCUT2D eigenvalue weighted by Crippen LogP contribution is 2.10. The molecular formula is C21H25NO4. The number of esters is 1. The maximum absolute atomic E-state index is 12.1. The minimum Gasteiger partial charge on any atom is -0.434 e. The van der Waals surface area contributed by atoms with Gasteiger partial charge in [-0.05, 0) is 17.0 Å². The molecule has 0 bridgehead atoms. The smallest absolute Gasteiger partial charge is 0.434 e. The van der Waals surface area contributed by atoms with Gasteiger partial charge in [-0.2, -0.15) is 0 Å². The molecule has 0 atom stereocenters. The van der Waals surface area contributed by atoms with Crippen molar-refractivity contribution >= 4 is 12.1 Å². The molecule has 138 valence electrons. The molecule has 0 aliphatic carbocycles. The second-order valence-electron chi connectivity index (χ2n) is 6.55. The summed E-state index contributed by atoms with van der Waals surface area (Å²) in [4.78, 5) is 25.6. The molecule has 0 N–H and O–H groups in total. The Labute approximate surface area is 154 Å². The fourth-order valence-corrected chi connectivity index (χ4v) is 2.42. The van der Waals surface area contributed by atoms with Gasteiger partial charge < -0.3 is 9.47 Å². The zero-order chi connectivity index (χ0) is 18.8. The molecule has 2 aromatic carbocycles. The molecule has 0 fully saturated rings. The highest BCUT2D eigenvalue weighted by atomic mass is 16.7. The molecule has 0 aromatic heterocycles. The third-order valence-electron chi connectivity index (χ3n) is 3.58. The first-order chi connectivity index (χ1) is 12.5. The van der Waals surface area contributed by atoms with E-state index in [1.807, 2.05) is 79.4 Å². The molecule has 5 nitrogen and oxygen atoms in total. The maximum Gasteiger partial charge on any atom is 0.516 e. The third kappa shape index (κ3) is 7.49. The predicted molar refractivity (Wildman–Crippen MR) is 99.3 cm³/mol. The van der Waals surface area contributed by atoms with Crippen LogP contribution in [0.25, 0.3) is 0 Å². The van der Waals surface area contributed by atoms with Gasteiger partial charge in [-0.1, -0.05) is 74.5 Å². The molecule has 0 amide bonds. The number of hydrogen-bond acceptors (Lipinski definition) is 5. The fraction of sp³-hybridized carbons (Fsp3) is 0.333. The van der Waals surface area contributed by atoms with E-state index >= 15 is 0 Å². The molecule has 0 spiro atoms. The van der Waals surface area contributed by atoms with Crippen LogP contribution in [0, 0.1) is 5.92 Å². The standard InChI is InChI=1S/C21H25NO4/c1-17(2)16-25-21(24)26-20(23)15-22(13-18-9-5-3-6-10-18)14-19-11-7-4-8-12-19/h3-12,17H,13-16H2,1-2H3. The summed E-state index contributed by atoms with van der Waals surface area (Å²) in [5.74, 6) is -0.434. The van der Waals surface area contributed by atoms with Crippen molar-refractivity contribution in [3.8, 4) is 0 Å². The van der Waals surface area contributed by atoms with Crippen LogP contribution in [-0.4, -0.2) is 30.2 Å². The van der Waals surface area contributed by atoms with Crippen LogP contribution in [0.4, 0.5) is 4.79 Å². The van der Waals surface area contributed by atoms with E-state index in [1.54, 1.807) is 0 Å². The Morgan fingerprint density at radius 3 is 1.85 bits per heavy atom. The lowest BCUT2D eigenvalue weighted by Gasteiger charge is -2.21. The largest absolute Gasteiger partial charge is 0.516 e. The normalized spacial score (nSPS) is 10.8.